The third-order valence-corrected chi connectivity index (χ3v) is 3.71. The van der Waals surface area contributed by atoms with Crippen LogP contribution in [0.4, 0.5) is 5.82 Å². The lowest BCUT2D eigenvalue weighted by Gasteiger charge is -2.00. The molecule has 80 valence electrons. The molecule has 3 nitrogen and oxygen atoms in total. The first kappa shape index (κ1) is 10.6. The molecule has 0 unspecified atom stereocenters. The van der Waals surface area contributed by atoms with Crippen molar-refractivity contribution >= 4 is 39.0 Å². The van der Waals surface area contributed by atoms with E-state index in [9.17, 15) is 0 Å². The molecule has 0 aliphatic carbocycles. The fourth-order valence-electron chi connectivity index (χ4n) is 1.52. The Bertz CT molecular complexity index is 507. The number of anilines is 1. The van der Waals surface area contributed by atoms with Crippen molar-refractivity contribution in [1.29, 1.82) is 0 Å². The normalized spacial score (nSPS) is 11.1. The molecule has 2 rings (SSSR count). The van der Waals surface area contributed by atoms with Crippen molar-refractivity contribution in [3.63, 3.8) is 0 Å². The predicted octanol–water partition coefficient (Wildman–Crippen LogP) is 2.67. The van der Waals surface area contributed by atoms with Gasteiger partial charge in [0.25, 0.3) is 0 Å². The van der Waals surface area contributed by atoms with Crippen molar-refractivity contribution in [3.05, 3.63) is 16.3 Å². The highest BCUT2D eigenvalue weighted by Crippen LogP contribution is 2.31. The average molecular weight is 242 g/mol. The Labute approximate surface area is 97.3 Å². The zero-order valence-electron chi connectivity index (χ0n) is 8.67. The molecule has 0 atom stereocenters. The average Bonchev–Trinajstić information content (AvgIpc) is 2.43. The van der Waals surface area contributed by atoms with E-state index in [1.807, 2.05) is 0 Å². The maximum absolute atomic E-state index is 5.91. The molecule has 0 fully saturated rings. The summed E-state index contributed by atoms with van der Waals surface area (Å²) < 4.78 is 0. The zero-order valence-corrected chi connectivity index (χ0v) is 10.2. The van der Waals surface area contributed by atoms with Crippen LogP contribution in [0.1, 0.15) is 16.3 Å². The molecular weight excluding hydrogens is 230 g/mol. The van der Waals surface area contributed by atoms with Crippen molar-refractivity contribution in [2.45, 2.75) is 20.3 Å². The number of rotatable bonds is 2. The van der Waals surface area contributed by atoms with Gasteiger partial charge < -0.3 is 5.73 Å². The lowest BCUT2D eigenvalue weighted by atomic mass is 10.2. The largest absolute Gasteiger partial charge is 0.383 e. The molecule has 0 aliphatic rings. The van der Waals surface area contributed by atoms with Crippen LogP contribution in [0.25, 0.3) is 10.2 Å². The molecule has 0 aromatic carbocycles. The number of aryl methyl sites for hydroxylation is 3. The van der Waals surface area contributed by atoms with E-state index in [-0.39, 0.29) is 0 Å². The van der Waals surface area contributed by atoms with E-state index in [0.29, 0.717) is 18.1 Å². The van der Waals surface area contributed by atoms with Gasteiger partial charge in [0, 0.05) is 17.2 Å². The summed E-state index contributed by atoms with van der Waals surface area (Å²) in [7, 11) is 0. The number of nitrogen functional groups attached to an aromatic ring is 1. The van der Waals surface area contributed by atoms with Crippen molar-refractivity contribution in [1.82, 2.24) is 9.97 Å². The summed E-state index contributed by atoms with van der Waals surface area (Å²) in [5.74, 6) is 1.83. The SMILES string of the molecule is Cc1sc2nc(CCCl)nc(N)c2c1C. The van der Waals surface area contributed by atoms with Gasteiger partial charge in [-0.15, -0.1) is 22.9 Å². The molecule has 0 amide bonds. The third kappa shape index (κ3) is 1.79. The molecule has 0 saturated heterocycles. The van der Waals surface area contributed by atoms with Crippen molar-refractivity contribution in [3.8, 4) is 0 Å². The summed E-state index contributed by atoms with van der Waals surface area (Å²) in [5.41, 5.74) is 7.10. The monoisotopic (exact) mass is 241 g/mol. The first-order valence-corrected chi connectivity index (χ1v) is 6.06. The zero-order chi connectivity index (χ0) is 11.0. The summed E-state index contributed by atoms with van der Waals surface area (Å²) in [6.07, 6.45) is 0.664. The fraction of sp³-hybridized carbons (Fsp3) is 0.400. The minimum Gasteiger partial charge on any atom is -0.383 e. The van der Waals surface area contributed by atoms with Crippen LogP contribution in [0, 0.1) is 13.8 Å². The summed E-state index contributed by atoms with van der Waals surface area (Å²) in [5, 5.41) is 0.996. The Morgan fingerprint density at radius 1 is 1.33 bits per heavy atom. The van der Waals surface area contributed by atoms with Gasteiger partial charge in [-0.2, -0.15) is 0 Å². The fourth-order valence-corrected chi connectivity index (χ4v) is 2.75. The minimum absolute atomic E-state index is 0.522. The van der Waals surface area contributed by atoms with Gasteiger partial charge in [0.2, 0.25) is 0 Å². The molecule has 2 aromatic heterocycles. The van der Waals surface area contributed by atoms with Gasteiger partial charge in [-0.1, -0.05) is 0 Å². The van der Waals surface area contributed by atoms with Gasteiger partial charge >= 0.3 is 0 Å². The van der Waals surface area contributed by atoms with E-state index in [1.165, 1.54) is 10.4 Å². The van der Waals surface area contributed by atoms with Gasteiger partial charge in [-0.25, -0.2) is 9.97 Å². The standard InChI is InChI=1S/C10H12ClN3S/c1-5-6(2)15-10-8(5)9(12)13-7(14-10)3-4-11/h3-4H2,1-2H3,(H2,12,13,14). The van der Waals surface area contributed by atoms with E-state index in [2.05, 4.69) is 23.8 Å². The van der Waals surface area contributed by atoms with E-state index in [1.54, 1.807) is 11.3 Å². The lowest BCUT2D eigenvalue weighted by Crippen LogP contribution is -2.00. The summed E-state index contributed by atoms with van der Waals surface area (Å²) in [4.78, 5) is 10.9. The van der Waals surface area contributed by atoms with E-state index in [4.69, 9.17) is 17.3 Å². The summed E-state index contributed by atoms with van der Waals surface area (Å²) >= 11 is 7.32. The molecule has 5 heteroatoms. The Morgan fingerprint density at radius 2 is 2.07 bits per heavy atom. The van der Waals surface area contributed by atoms with Crippen molar-refractivity contribution in [2.75, 3.05) is 11.6 Å². The number of nitrogens with two attached hydrogens (primary N) is 1. The third-order valence-electron chi connectivity index (χ3n) is 2.42. The van der Waals surface area contributed by atoms with Crippen LogP contribution in [-0.2, 0) is 6.42 Å². The molecule has 0 saturated carbocycles. The topological polar surface area (TPSA) is 51.8 Å². The van der Waals surface area contributed by atoms with Crippen LogP contribution >= 0.6 is 22.9 Å². The number of thiophene rings is 1. The second kappa shape index (κ2) is 3.94. The van der Waals surface area contributed by atoms with E-state index in [0.717, 1.165) is 16.0 Å². The Morgan fingerprint density at radius 3 is 2.73 bits per heavy atom. The lowest BCUT2D eigenvalue weighted by molar-refractivity contribution is 0.974. The van der Waals surface area contributed by atoms with Crippen molar-refractivity contribution in [2.24, 2.45) is 0 Å². The highest BCUT2D eigenvalue weighted by atomic mass is 35.5. The molecular formula is C10H12ClN3S. The van der Waals surface area contributed by atoms with Gasteiger partial charge in [0.15, 0.2) is 0 Å². The molecule has 2 aromatic rings. The number of halogens is 1. The van der Waals surface area contributed by atoms with Gasteiger partial charge in [-0.3, -0.25) is 0 Å². The Kier molecular flexibility index (Phi) is 2.80. The summed E-state index contributed by atoms with van der Waals surface area (Å²) in [6.45, 7) is 4.12. The maximum atomic E-state index is 5.91. The van der Waals surface area contributed by atoms with Gasteiger partial charge in [0.05, 0.1) is 5.39 Å². The first-order chi connectivity index (χ1) is 7.13. The second-order valence-corrected chi connectivity index (χ2v) is 5.01. The number of hydrogen-bond acceptors (Lipinski definition) is 4. The number of fused-ring (bicyclic) bond motifs is 1. The highest BCUT2D eigenvalue weighted by molar-refractivity contribution is 7.18. The van der Waals surface area contributed by atoms with Crippen LogP contribution in [0.15, 0.2) is 0 Å². The molecule has 0 spiro atoms. The van der Waals surface area contributed by atoms with E-state index >= 15 is 0 Å². The first-order valence-electron chi connectivity index (χ1n) is 4.71. The quantitative estimate of drug-likeness (QED) is 0.823. The maximum Gasteiger partial charge on any atom is 0.136 e. The molecule has 15 heavy (non-hydrogen) atoms. The molecule has 0 bridgehead atoms. The molecule has 2 heterocycles. The van der Waals surface area contributed by atoms with Gasteiger partial charge in [0.1, 0.15) is 16.5 Å². The van der Waals surface area contributed by atoms with Crippen LogP contribution in [0.2, 0.25) is 0 Å². The predicted molar refractivity (Wildman–Crippen MR) is 65.7 cm³/mol. The number of nitrogens with zero attached hydrogens (tertiary/aromatic N) is 2. The Hall–Kier alpha value is -0.870. The molecule has 0 aliphatic heterocycles. The van der Waals surface area contributed by atoms with Crippen LogP contribution < -0.4 is 5.73 Å². The van der Waals surface area contributed by atoms with Crippen LogP contribution in [0.3, 0.4) is 0 Å². The van der Waals surface area contributed by atoms with Crippen LogP contribution in [0.5, 0.6) is 0 Å². The summed E-state index contributed by atoms with van der Waals surface area (Å²) in [6, 6.07) is 0. The number of hydrogen-bond donors (Lipinski definition) is 1. The number of alkyl halides is 1. The molecule has 2 N–H and O–H groups in total. The van der Waals surface area contributed by atoms with Crippen molar-refractivity contribution < 1.29 is 0 Å². The van der Waals surface area contributed by atoms with Crippen LogP contribution in [-0.4, -0.2) is 15.8 Å². The molecule has 0 radical (unpaired) electrons. The van der Waals surface area contributed by atoms with Gasteiger partial charge in [-0.05, 0) is 19.4 Å². The Balaban J connectivity index is 2.67. The highest BCUT2D eigenvalue weighted by Gasteiger charge is 2.11. The minimum atomic E-state index is 0.522. The number of aromatic nitrogens is 2. The van der Waals surface area contributed by atoms with E-state index < -0.39 is 0 Å². The smallest absolute Gasteiger partial charge is 0.136 e. The second-order valence-electron chi connectivity index (χ2n) is 3.43.